The smallest absolute Gasteiger partial charge is 0.143 e. The summed E-state index contributed by atoms with van der Waals surface area (Å²) in [5, 5.41) is 6.99. The minimum Gasteiger partial charge on any atom is -0.456 e. The second-order valence-corrected chi connectivity index (χ2v) is 14.9. The van der Waals surface area contributed by atoms with Crippen LogP contribution in [0.4, 0.5) is 17.1 Å². The maximum absolute atomic E-state index is 6.44. The summed E-state index contributed by atoms with van der Waals surface area (Å²) in [7, 11) is 0. The first kappa shape index (κ1) is 33.8. The minimum atomic E-state index is 0.899. The molecular formula is C54H38N2O2. The third-order valence-electron chi connectivity index (χ3n) is 11.6. The Hall–Kier alpha value is -7.56. The van der Waals surface area contributed by atoms with Crippen molar-refractivity contribution in [1.29, 1.82) is 0 Å². The molecule has 0 amide bonds. The molecule has 4 nitrogen and oxygen atoms in total. The Morgan fingerprint density at radius 2 is 1.07 bits per heavy atom. The Labute approximate surface area is 335 Å². The minimum absolute atomic E-state index is 0.899. The standard InChI is InChI=1S/C54H38N2O2/c1-3-42-46-18-6-10-24-51(46)57-53(42)35(2)36-26-30-38(31-27-36)55(39-32-28-37(29-33-39)43-20-13-21-48-47-19-7-11-25-52(47)58-54(43)48)40-14-12-15-41(34-40)56-49-22-8-4-16-44(49)45-17-5-9-23-50(45)56/h3-34H,1-2H3/b42-3-,53-35-. The van der Waals surface area contributed by atoms with Gasteiger partial charge in [-0.15, -0.1) is 0 Å². The first-order valence-corrected chi connectivity index (χ1v) is 19.8. The molecule has 276 valence electrons. The van der Waals surface area contributed by atoms with Gasteiger partial charge in [0, 0.05) is 60.5 Å². The van der Waals surface area contributed by atoms with Crippen molar-refractivity contribution < 1.29 is 8.83 Å². The summed E-state index contributed by atoms with van der Waals surface area (Å²) in [5.74, 6) is 0. The molecule has 0 spiro atoms. The highest BCUT2D eigenvalue weighted by atomic mass is 16.3. The number of hydrogen-bond donors (Lipinski definition) is 0. The first-order valence-electron chi connectivity index (χ1n) is 19.8. The predicted octanol–water partition coefficient (Wildman–Crippen LogP) is 13.6. The van der Waals surface area contributed by atoms with Crippen LogP contribution in [0.5, 0.6) is 0 Å². The van der Waals surface area contributed by atoms with Gasteiger partial charge in [0.25, 0.3) is 0 Å². The van der Waals surface area contributed by atoms with Crippen LogP contribution in [0, 0.1) is 0 Å². The van der Waals surface area contributed by atoms with E-state index in [0.29, 0.717) is 0 Å². The molecule has 0 saturated heterocycles. The Morgan fingerprint density at radius 1 is 0.500 bits per heavy atom. The van der Waals surface area contributed by atoms with Gasteiger partial charge < -0.3 is 18.3 Å². The molecule has 0 fully saturated rings. The molecule has 0 N–H and O–H groups in total. The zero-order valence-electron chi connectivity index (χ0n) is 32.2. The Kier molecular flexibility index (Phi) is 7.90. The number of anilines is 3. The second-order valence-electron chi connectivity index (χ2n) is 14.9. The zero-order valence-corrected chi connectivity index (χ0v) is 32.2. The van der Waals surface area contributed by atoms with E-state index in [-0.39, 0.29) is 0 Å². The zero-order chi connectivity index (χ0) is 38.7. The topological polar surface area (TPSA) is 34.5 Å². The van der Waals surface area contributed by atoms with Gasteiger partial charge in [-0.05, 0) is 97.3 Å². The van der Waals surface area contributed by atoms with Crippen LogP contribution >= 0.6 is 0 Å². The molecule has 0 bridgehead atoms. The average molecular weight is 747 g/mol. The monoisotopic (exact) mass is 746 g/mol. The molecule has 3 heterocycles. The molecule has 0 unspecified atom stereocenters. The summed E-state index contributed by atoms with van der Waals surface area (Å²) in [6.45, 7) is 4.22. The molecule has 58 heavy (non-hydrogen) atoms. The molecule has 0 saturated carbocycles. The van der Waals surface area contributed by atoms with Crippen LogP contribution < -0.4 is 15.5 Å². The summed E-state index contributed by atoms with van der Waals surface area (Å²) < 4.78 is 15.2. The van der Waals surface area contributed by atoms with E-state index < -0.39 is 0 Å². The van der Waals surface area contributed by atoms with Gasteiger partial charge in [0.2, 0.25) is 0 Å². The normalized spacial score (nSPS) is 12.7. The highest BCUT2D eigenvalue weighted by molar-refractivity contribution is 6.10. The first-order chi connectivity index (χ1) is 28.6. The maximum atomic E-state index is 6.44. The third-order valence-corrected chi connectivity index (χ3v) is 11.6. The van der Waals surface area contributed by atoms with Crippen molar-refractivity contribution in [3.63, 3.8) is 0 Å². The fourth-order valence-corrected chi connectivity index (χ4v) is 8.81. The van der Waals surface area contributed by atoms with E-state index in [4.69, 9.17) is 8.83 Å². The van der Waals surface area contributed by atoms with E-state index in [1.165, 1.54) is 21.8 Å². The number of benzene rings is 8. The molecule has 11 aromatic rings. The predicted molar refractivity (Wildman–Crippen MR) is 242 cm³/mol. The largest absolute Gasteiger partial charge is 0.456 e. The number of aromatic nitrogens is 1. The van der Waals surface area contributed by atoms with Crippen LogP contribution in [-0.2, 0) is 0 Å². The second kappa shape index (κ2) is 13.6. The van der Waals surface area contributed by atoms with Crippen LogP contribution in [0.25, 0.3) is 83.2 Å². The van der Waals surface area contributed by atoms with E-state index in [0.717, 1.165) is 88.6 Å². The van der Waals surface area contributed by atoms with Crippen molar-refractivity contribution in [2.45, 2.75) is 13.8 Å². The van der Waals surface area contributed by atoms with E-state index in [9.17, 15) is 0 Å². The molecule has 4 heteroatoms. The lowest BCUT2D eigenvalue weighted by atomic mass is 10.0. The number of nitrogens with zero attached hydrogens (tertiary/aromatic N) is 2. The van der Waals surface area contributed by atoms with Crippen molar-refractivity contribution in [3.05, 3.63) is 204 Å². The van der Waals surface area contributed by atoms with Crippen LogP contribution in [0.1, 0.15) is 19.4 Å². The lowest BCUT2D eigenvalue weighted by Crippen LogP contribution is -2.22. The summed E-state index contributed by atoms with van der Waals surface area (Å²) in [6.07, 6.45) is 2.14. The summed E-state index contributed by atoms with van der Waals surface area (Å²) in [6, 6.07) is 66.8. The Bertz CT molecular complexity index is 3420. The summed E-state index contributed by atoms with van der Waals surface area (Å²) in [4.78, 5) is 2.34. The SMILES string of the molecule is C/C=c1\c(=C(/C)c2ccc(N(c3ccc(-c4cccc5c4oc4ccccc45)cc3)c3cccc(-n4c5ccccc5c5ccccc54)c3)cc2)oc2ccccc12. The van der Waals surface area contributed by atoms with Gasteiger partial charge in [0.05, 0.1) is 11.0 Å². The Balaban J connectivity index is 1.06. The van der Waals surface area contributed by atoms with Crippen molar-refractivity contribution in [2.75, 3.05) is 4.90 Å². The van der Waals surface area contributed by atoms with Gasteiger partial charge in [-0.3, -0.25) is 0 Å². The van der Waals surface area contributed by atoms with Crippen molar-refractivity contribution >= 4 is 83.4 Å². The third kappa shape index (κ3) is 5.37. The molecule has 0 aliphatic rings. The van der Waals surface area contributed by atoms with E-state index in [2.05, 4.69) is 193 Å². The number of fused-ring (bicyclic) bond motifs is 7. The van der Waals surface area contributed by atoms with Crippen LogP contribution in [0.2, 0.25) is 0 Å². The van der Waals surface area contributed by atoms with Crippen molar-refractivity contribution in [1.82, 2.24) is 4.57 Å². The van der Waals surface area contributed by atoms with Crippen molar-refractivity contribution in [3.8, 4) is 16.8 Å². The number of furan rings is 2. The van der Waals surface area contributed by atoms with Crippen LogP contribution in [-0.4, -0.2) is 4.57 Å². The molecule has 0 aliphatic carbocycles. The Morgan fingerprint density at radius 3 is 1.76 bits per heavy atom. The summed E-state index contributed by atoms with van der Waals surface area (Å²) in [5.41, 5.74) is 14.6. The lowest BCUT2D eigenvalue weighted by Gasteiger charge is -2.26. The fourth-order valence-electron chi connectivity index (χ4n) is 8.81. The molecule has 0 atom stereocenters. The molecule has 0 radical (unpaired) electrons. The molecule has 0 aliphatic heterocycles. The fraction of sp³-hybridized carbons (Fsp3) is 0.0370. The highest BCUT2D eigenvalue weighted by Crippen LogP contribution is 2.40. The highest BCUT2D eigenvalue weighted by Gasteiger charge is 2.18. The van der Waals surface area contributed by atoms with Crippen molar-refractivity contribution in [2.24, 2.45) is 0 Å². The molecular weight excluding hydrogens is 709 g/mol. The quantitative estimate of drug-likeness (QED) is 0.170. The van der Waals surface area contributed by atoms with E-state index >= 15 is 0 Å². The summed E-state index contributed by atoms with van der Waals surface area (Å²) >= 11 is 0. The van der Waals surface area contributed by atoms with Gasteiger partial charge in [-0.2, -0.15) is 0 Å². The van der Waals surface area contributed by atoms with Crippen LogP contribution in [0.3, 0.4) is 0 Å². The molecule has 3 aromatic heterocycles. The number of para-hydroxylation sites is 5. The molecule has 11 rings (SSSR count). The maximum Gasteiger partial charge on any atom is 0.143 e. The number of hydrogen-bond acceptors (Lipinski definition) is 3. The average Bonchev–Trinajstić information content (AvgIpc) is 3.97. The number of rotatable bonds is 6. The van der Waals surface area contributed by atoms with Gasteiger partial charge in [0.15, 0.2) is 0 Å². The van der Waals surface area contributed by atoms with Gasteiger partial charge in [-0.1, -0.05) is 127 Å². The van der Waals surface area contributed by atoms with Crippen LogP contribution in [0.15, 0.2) is 197 Å². The lowest BCUT2D eigenvalue weighted by molar-refractivity contribution is 0.572. The van der Waals surface area contributed by atoms with Gasteiger partial charge >= 0.3 is 0 Å². The van der Waals surface area contributed by atoms with Gasteiger partial charge in [0.1, 0.15) is 22.2 Å². The van der Waals surface area contributed by atoms with E-state index in [1.54, 1.807) is 0 Å². The molecule has 8 aromatic carbocycles. The van der Waals surface area contributed by atoms with Gasteiger partial charge in [-0.25, -0.2) is 0 Å². The van der Waals surface area contributed by atoms with E-state index in [1.807, 2.05) is 24.3 Å².